The molecular weight excluding hydrogens is 485 g/mol. The van der Waals surface area contributed by atoms with E-state index in [0.717, 1.165) is 34.4 Å². The molecule has 4 rings (SSSR count). The molecule has 190 valence electrons. The lowest BCUT2D eigenvalue weighted by Crippen LogP contribution is -2.42. The number of alkyl halides is 3. The molecule has 2 N–H and O–H groups in total. The zero-order valence-corrected chi connectivity index (χ0v) is 21.2. The highest BCUT2D eigenvalue weighted by Gasteiger charge is 2.38. The van der Waals surface area contributed by atoms with Gasteiger partial charge in [-0.15, -0.1) is 0 Å². The van der Waals surface area contributed by atoms with Gasteiger partial charge in [0.1, 0.15) is 0 Å². The molecular formula is C27H29F3N2O3Si. The van der Waals surface area contributed by atoms with Crippen molar-refractivity contribution in [2.45, 2.75) is 44.6 Å². The van der Waals surface area contributed by atoms with Crippen LogP contribution in [0.15, 0.2) is 60.7 Å². The number of halogens is 3. The predicted octanol–water partition coefficient (Wildman–Crippen LogP) is 4.44. The number of fused-ring (bicyclic) bond motifs is 1. The topological polar surface area (TPSA) is 69.6 Å². The number of carbonyl (C=O) groups is 2. The number of amides is 2. The molecule has 1 fully saturated rings. The van der Waals surface area contributed by atoms with Crippen LogP contribution in [-0.2, 0) is 11.3 Å². The highest BCUT2D eigenvalue weighted by molar-refractivity contribution is 6.85. The van der Waals surface area contributed by atoms with Crippen LogP contribution in [0.3, 0.4) is 0 Å². The molecule has 0 saturated carbocycles. The Morgan fingerprint density at radius 1 is 1.03 bits per heavy atom. The summed E-state index contributed by atoms with van der Waals surface area (Å²) in [4.78, 5) is 36.9. The molecule has 2 amide bonds. The monoisotopic (exact) mass is 514 g/mol. The van der Waals surface area contributed by atoms with Gasteiger partial charge in [0.25, 0.3) is 5.91 Å². The Bertz CT molecular complexity index is 1280. The second-order valence-electron chi connectivity index (χ2n) is 9.79. The molecule has 3 aromatic rings. The number of nitrogens with one attached hydrogen (secondary N) is 1. The summed E-state index contributed by atoms with van der Waals surface area (Å²) in [6, 6.07) is 18.7. The molecule has 5 nitrogen and oxygen atoms in total. The molecule has 0 atom stereocenters. The van der Waals surface area contributed by atoms with Crippen molar-refractivity contribution >= 4 is 36.1 Å². The highest BCUT2D eigenvalue weighted by atomic mass is 28.4. The van der Waals surface area contributed by atoms with Crippen LogP contribution in [0.4, 0.5) is 13.2 Å². The first-order valence-corrected chi connectivity index (χ1v) is 14.9. The van der Waals surface area contributed by atoms with Gasteiger partial charge in [-0.3, -0.25) is 9.59 Å². The summed E-state index contributed by atoms with van der Waals surface area (Å²) >= 11 is 0. The molecule has 1 aliphatic heterocycles. The Balaban J connectivity index is 1.42. The molecule has 0 spiro atoms. The Morgan fingerprint density at radius 2 is 1.72 bits per heavy atom. The van der Waals surface area contributed by atoms with Gasteiger partial charge in [-0.1, -0.05) is 48.5 Å². The van der Waals surface area contributed by atoms with E-state index in [1.165, 1.54) is 0 Å². The van der Waals surface area contributed by atoms with Crippen molar-refractivity contribution in [2.75, 3.05) is 13.1 Å². The van der Waals surface area contributed by atoms with Crippen LogP contribution in [0, 0.1) is 0 Å². The summed E-state index contributed by atoms with van der Waals surface area (Å²) in [5.74, 6) is -1.83. The maximum Gasteiger partial charge on any atom is 0.471 e. The van der Waals surface area contributed by atoms with Crippen LogP contribution < -0.4 is 10.5 Å². The van der Waals surface area contributed by atoms with Gasteiger partial charge in [-0.25, -0.2) is 0 Å². The fourth-order valence-corrected chi connectivity index (χ4v) is 6.16. The van der Waals surface area contributed by atoms with Crippen LogP contribution in [0.2, 0.25) is 13.1 Å². The Hall–Kier alpha value is -3.17. The van der Waals surface area contributed by atoms with E-state index in [2.05, 4.69) is 0 Å². The third-order valence-electron chi connectivity index (χ3n) is 6.70. The minimum atomic E-state index is -4.90. The zero-order valence-electron chi connectivity index (χ0n) is 20.2. The van der Waals surface area contributed by atoms with Gasteiger partial charge in [0.2, 0.25) is 8.32 Å². The van der Waals surface area contributed by atoms with E-state index in [-0.39, 0.29) is 18.4 Å². The second kappa shape index (κ2) is 10.1. The van der Waals surface area contributed by atoms with Crippen molar-refractivity contribution in [1.29, 1.82) is 0 Å². The predicted molar refractivity (Wildman–Crippen MR) is 136 cm³/mol. The van der Waals surface area contributed by atoms with Gasteiger partial charge in [-0.2, -0.15) is 13.2 Å². The smallest absolute Gasteiger partial charge is 0.428 e. The lowest BCUT2D eigenvalue weighted by molar-refractivity contribution is -0.173. The quantitative estimate of drug-likeness (QED) is 0.495. The number of likely N-dealkylation sites (tertiary alicyclic amines) is 1. The standard InChI is InChI=1S/C27H29F3N2O3Si/c1-36(2,35)24-8-4-6-20-9-10-22(16-23(20)24)25(33)32-13-11-19(12-14-32)21-7-3-5-18(15-21)17-31-26(34)27(28,29)30/h3-10,15-16,19,35H,11-14,17H2,1-2H3,(H,31,34). The average molecular weight is 515 g/mol. The largest absolute Gasteiger partial charge is 0.471 e. The summed E-state index contributed by atoms with van der Waals surface area (Å²) in [5.41, 5.74) is 2.19. The highest BCUT2D eigenvalue weighted by Crippen LogP contribution is 2.30. The van der Waals surface area contributed by atoms with Gasteiger partial charge in [-0.05, 0) is 71.1 Å². The number of nitrogens with zero attached hydrogens (tertiary/aromatic N) is 1. The van der Waals surface area contributed by atoms with E-state index in [1.54, 1.807) is 12.1 Å². The molecule has 0 aromatic heterocycles. The molecule has 1 heterocycles. The maximum absolute atomic E-state index is 13.3. The Labute approximate surface area is 209 Å². The molecule has 0 bridgehead atoms. The van der Waals surface area contributed by atoms with Gasteiger partial charge >= 0.3 is 12.1 Å². The lowest BCUT2D eigenvalue weighted by atomic mass is 9.88. The fraction of sp³-hybridized carbons (Fsp3) is 0.333. The first-order chi connectivity index (χ1) is 16.9. The molecule has 3 aromatic carbocycles. The van der Waals surface area contributed by atoms with E-state index in [0.29, 0.717) is 24.2 Å². The van der Waals surface area contributed by atoms with Gasteiger partial charge in [0, 0.05) is 25.2 Å². The molecule has 36 heavy (non-hydrogen) atoms. The molecule has 1 aliphatic rings. The number of rotatable bonds is 5. The van der Waals surface area contributed by atoms with Crippen molar-refractivity contribution in [3.63, 3.8) is 0 Å². The summed E-state index contributed by atoms with van der Waals surface area (Å²) in [7, 11) is -2.57. The molecule has 0 unspecified atom stereocenters. The fourth-order valence-electron chi connectivity index (χ4n) is 4.78. The van der Waals surface area contributed by atoms with Crippen molar-refractivity contribution in [1.82, 2.24) is 10.2 Å². The molecule has 0 aliphatic carbocycles. The maximum atomic E-state index is 13.3. The van der Waals surface area contributed by atoms with Crippen LogP contribution in [0.5, 0.6) is 0 Å². The third kappa shape index (κ3) is 5.79. The van der Waals surface area contributed by atoms with E-state index >= 15 is 0 Å². The molecule has 0 radical (unpaired) electrons. The van der Waals surface area contributed by atoms with E-state index < -0.39 is 20.4 Å². The number of hydrogen-bond donors (Lipinski definition) is 2. The van der Waals surface area contributed by atoms with Gasteiger partial charge in [0.05, 0.1) is 0 Å². The molecule has 9 heteroatoms. The number of benzene rings is 3. The lowest BCUT2D eigenvalue weighted by Gasteiger charge is -2.32. The van der Waals surface area contributed by atoms with Crippen molar-refractivity contribution in [2.24, 2.45) is 0 Å². The normalized spacial score (nSPS) is 15.2. The minimum absolute atomic E-state index is 0.0498. The second-order valence-corrected chi connectivity index (χ2v) is 13.4. The first kappa shape index (κ1) is 25.9. The van der Waals surface area contributed by atoms with Crippen LogP contribution in [0.25, 0.3) is 10.8 Å². The zero-order chi connectivity index (χ0) is 26.1. The van der Waals surface area contributed by atoms with Crippen LogP contribution >= 0.6 is 0 Å². The van der Waals surface area contributed by atoms with Crippen LogP contribution in [-0.4, -0.2) is 49.1 Å². The average Bonchev–Trinajstić information content (AvgIpc) is 2.85. The third-order valence-corrected chi connectivity index (χ3v) is 8.46. The number of hydrogen-bond acceptors (Lipinski definition) is 3. The van der Waals surface area contributed by atoms with Crippen molar-refractivity contribution in [3.8, 4) is 0 Å². The summed E-state index contributed by atoms with van der Waals surface area (Å²) in [5, 5.41) is 4.71. The number of carbonyl (C=O) groups excluding carboxylic acids is 2. The Morgan fingerprint density at radius 3 is 2.39 bits per heavy atom. The SMILES string of the molecule is C[Si](C)(O)c1cccc2ccc(C(=O)N3CCC(c4cccc(CNC(=O)C(F)(F)F)c4)CC3)cc12. The minimum Gasteiger partial charge on any atom is -0.428 e. The van der Waals surface area contributed by atoms with E-state index in [1.807, 2.05) is 71.8 Å². The summed E-state index contributed by atoms with van der Waals surface area (Å²) in [6.07, 6.45) is -3.43. The van der Waals surface area contributed by atoms with Gasteiger partial charge in [0.15, 0.2) is 0 Å². The Kier molecular flexibility index (Phi) is 7.24. The number of piperidine rings is 1. The van der Waals surface area contributed by atoms with E-state index in [9.17, 15) is 27.6 Å². The molecule has 1 saturated heterocycles. The van der Waals surface area contributed by atoms with Crippen molar-refractivity contribution < 1.29 is 27.6 Å². The van der Waals surface area contributed by atoms with E-state index in [4.69, 9.17) is 0 Å². The van der Waals surface area contributed by atoms with Gasteiger partial charge < -0.3 is 15.0 Å². The summed E-state index contributed by atoms with van der Waals surface area (Å²) < 4.78 is 37.3. The van der Waals surface area contributed by atoms with Crippen molar-refractivity contribution in [3.05, 3.63) is 77.4 Å². The summed E-state index contributed by atoms with van der Waals surface area (Å²) in [6.45, 7) is 4.67. The first-order valence-electron chi connectivity index (χ1n) is 11.9. The van der Waals surface area contributed by atoms with Crippen LogP contribution in [0.1, 0.15) is 40.2 Å².